The summed E-state index contributed by atoms with van der Waals surface area (Å²) in [6, 6.07) is 8.08. The van der Waals surface area contributed by atoms with Crippen molar-refractivity contribution in [2.75, 3.05) is 13.7 Å². The summed E-state index contributed by atoms with van der Waals surface area (Å²) in [4.78, 5) is 12.2. The minimum atomic E-state index is -0.711. The van der Waals surface area contributed by atoms with E-state index in [1.807, 2.05) is 18.2 Å². The van der Waals surface area contributed by atoms with E-state index in [2.05, 4.69) is 18.0 Å². The number of fused-ring (bicyclic) bond motifs is 1. The Morgan fingerprint density at radius 2 is 2.33 bits per heavy atom. The summed E-state index contributed by atoms with van der Waals surface area (Å²) in [5, 5.41) is 3.30. The standard InChI is InChI=1S/C15H19NO2/c1-3-11-16-15(14(17)18-2)10-6-8-12-7-4-5-9-13(12)15/h3-5,7,9,16H,1,6,8,10-11H2,2H3. The fraction of sp³-hybridized carbons (Fsp3) is 0.400. The van der Waals surface area contributed by atoms with Crippen LogP contribution < -0.4 is 5.32 Å². The van der Waals surface area contributed by atoms with Crippen molar-refractivity contribution in [2.45, 2.75) is 24.8 Å². The lowest BCUT2D eigenvalue weighted by Crippen LogP contribution is -2.52. The lowest BCUT2D eigenvalue weighted by atomic mass is 9.76. The van der Waals surface area contributed by atoms with E-state index in [-0.39, 0.29) is 5.97 Å². The highest BCUT2D eigenvalue weighted by atomic mass is 16.5. The first kappa shape index (κ1) is 12.8. The molecule has 1 N–H and O–H groups in total. The molecule has 1 aromatic carbocycles. The smallest absolute Gasteiger partial charge is 0.330 e. The summed E-state index contributed by atoms with van der Waals surface area (Å²) in [5.41, 5.74) is 1.56. The third-order valence-corrected chi connectivity index (χ3v) is 3.56. The molecular weight excluding hydrogens is 226 g/mol. The Morgan fingerprint density at radius 1 is 1.56 bits per heavy atom. The molecule has 1 unspecified atom stereocenters. The molecule has 0 radical (unpaired) electrons. The molecule has 0 aromatic heterocycles. The van der Waals surface area contributed by atoms with E-state index in [0.717, 1.165) is 24.8 Å². The molecule has 2 rings (SSSR count). The number of methoxy groups -OCH3 is 1. The summed E-state index contributed by atoms with van der Waals surface area (Å²) in [6.45, 7) is 4.29. The van der Waals surface area contributed by atoms with E-state index in [0.29, 0.717) is 6.54 Å². The maximum atomic E-state index is 12.2. The van der Waals surface area contributed by atoms with E-state index in [1.165, 1.54) is 12.7 Å². The Bertz CT molecular complexity index is 456. The molecule has 3 nitrogen and oxygen atoms in total. The Morgan fingerprint density at radius 3 is 3.06 bits per heavy atom. The summed E-state index contributed by atoms with van der Waals surface area (Å²) in [7, 11) is 1.44. The van der Waals surface area contributed by atoms with Crippen LogP contribution in [0.4, 0.5) is 0 Å². The quantitative estimate of drug-likeness (QED) is 0.652. The summed E-state index contributed by atoms with van der Waals surface area (Å²) in [5.74, 6) is -0.212. The molecule has 0 heterocycles. The normalized spacial score (nSPS) is 22.1. The molecule has 3 heteroatoms. The van der Waals surface area contributed by atoms with Crippen LogP contribution in [0.3, 0.4) is 0 Å². The van der Waals surface area contributed by atoms with Gasteiger partial charge in [0.25, 0.3) is 0 Å². The first-order chi connectivity index (χ1) is 8.74. The van der Waals surface area contributed by atoms with Crippen molar-refractivity contribution in [1.82, 2.24) is 5.32 Å². The molecule has 1 aromatic rings. The number of ether oxygens (including phenoxy) is 1. The third kappa shape index (κ3) is 2.06. The lowest BCUT2D eigenvalue weighted by molar-refractivity contribution is -0.149. The Balaban J connectivity index is 2.47. The van der Waals surface area contributed by atoms with Crippen LogP contribution in [0, 0.1) is 0 Å². The number of esters is 1. The van der Waals surface area contributed by atoms with Gasteiger partial charge in [-0.25, -0.2) is 4.79 Å². The Labute approximate surface area is 108 Å². The number of carbonyl (C=O) groups is 1. The molecule has 0 aliphatic heterocycles. The molecule has 0 saturated heterocycles. The molecular formula is C15H19NO2. The van der Waals surface area contributed by atoms with Gasteiger partial charge in [-0.05, 0) is 30.4 Å². The minimum Gasteiger partial charge on any atom is -0.467 e. The molecule has 1 aliphatic carbocycles. The molecule has 0 amide bonds. The van der Waals surface area contributed by atoms with Crippen molar-refractivity contribution in [2.24, 2.45) is 0 Å². The zero-order valence-electron chi connectivity index (χ0n) is 10.7. The summed E-state index contributed by atoms with van der Waals surface area (Å²) in [6.07, 6.45) is 4.54. The average molecular weight is 245 g/mol. The second-order valence-corrected chi connectivity index (χ2v) is 4.58. The molecule has 1 aliphatic rings. The lowest BCUT2D eigenvalue weighted by Gasteiger charge is -2.37. The van der Waals surface area contributed by atoms with Gasteiger partial charge in [0.05, 0.1) is 7.11 Å². The molecule has 0 saturated carbocycles. The third-order valence-electron chi connectivity index (χ3n) is 3.56. The van der Waals surface area contributed by atoms with E-state index in [1.54, 1.807) is 6.08 Å². The van der Waals surface area contributed by atoms with Gasteiger partial charge in [-0.1, -0.05) is 30.3 Å². The Hall–Kier alpha value is -1.61. The Kier molecular flexibility index (Phi) is 3.82. The van der Waals surface area contributed by atoms with Crippen LogP contribution in [0.1, 0.15) is 24.0 Å². The largest absolute Gasteiger partial charge is 0.467 e. The highest BCUT2D eigenvalue weighted by Crippen LogP contribution is 2.36. The number of rotatable bonds is 4. The van der Waals surface area contributed by atoms with Crippen molar-refractivity contribution in [3.63, 3.8) is 0 Å². The van der Waals surface area contributed by atoms with Crippen LogP contribution in [0.25, 0.3) is 0 Å². The topological polar surface area (TPSA) is 38.3 Å². The predicted molar refractivity (Wildman–Crippen MR) is 71.3 cm³/mol. The van der Waals surface area contributed by atoms with Crippen LogP contribution in [0.15, 0.2) is 36.9 Å². The first-order valence-electron chi connectivity index (χ1n) is 6.27. The van der Waals surface area contributed by atoms with E-state index < -0.39 is 5.54 Å². The molecule has 0 bridgehead atoms. The second kappa shape index (κ2) is 5.36. The maximum Gasteiger partial charge on any atom is 0.330 e. The zero-order chi connectivity index (χ0) is 13.0. The van der Waals surface area contributed by atoms with Gasteiger partial charge in [0.2, 0.25) is 0 Å². The van der Waals surface area contributed by atoms with Crippen molar-refractivity contribution < 1.29 is 9.53 Å². The molecule has 96 valence electrons. The fourth-order valence-electron chi connectivity index (χ4n) is 2.72. The zero-order valence-corrected chi connectivity index (χ0v) is 10.7. The van der Waals surface area contributed by atoms with Gasteiger partial charge >= 0.3 is 5.97 Å². The average Bonchev–Trinajstić information content (AvgIpc) is 2.44. The number of carbonyl (C=O) groups excluding carboxylic acids is 1. The molecule has 0 spiro atoms. The van der Waals surface area contributed by atoms with Gasteiger partial charge in [0.1, 0.15) is 5.54 Å². The summed E-state index contributed by atoms with van der Waals surface area (Å²) >= 11 is 0. The van der Waals surface area contributed by atoms with Crippen LogP contribution >= 0.6 is 0 Å². The van der Waals surface area contributed by atoms with Crippen LogP contribution in [0.2, 0.25) is 0 Å². The van der Waals surface area contributed by atoms with E-state index in [9.17, 15) is 4.79 Å². The van der Waals surface area contributed by atoms with Crippen molar-refractivity contribution in [1.29, 1.82) is 0 Å². The number of aryl methyl sites for hydroxylation is 1. The summed E-state index contributed by atoms with van der Waals surface area (Å²) < 4.78 is 5.01. The monoisotopic (exact) mass is 245 g/mol. The molecule has 1 atom stereocenters. The number of hydrogen-bond donors (Lipinski definition) is 1. The van der Waals surface area contributed by atoms with Gasteiger partial charge in [-0.3, -0.25) is 5.32 Å². The van der Waals surface area contributed by atoms with Gasteiger partial charge in [0.15, 0.2) is 0 Å². The molecule has 0 fully saturated rings. The second-order valence-electron chi connectivity index (χ2n) is 4.58. The van der Waals surface area contributed by atoms with Crippen LogP contribution in [-0.4, -0.2) is 19.6 Å². The van der Waals surface area contributed by atoms with Crippen molar-refractivity contribution in [3.8, 4) is 0 Å². The minimum absolute atomic E-state index is 0.212. The van der Waals surface area contributed by atoms with Gasteiger partial charge in [0, 0.05) is 6.54 Å². The fourth-order valence-corrected chi connectivity index (χ4v) is 2.72. The highest BCUT2D eigenvalue weighted by Gasteiger charge is 2.43. The van der Waals surface area contributed by atoms with Crippen LogP contribution in [-0.2, 0) is 21.5 Å². The SMILES string of the molecule is C=CCNC1(C(=O)OC)CCCc2ccccc21. The van der Waals surface area contributed by atoms with Crippen molar-refractivity contribution in [3.05, 3.63) is 48.0 Å². The van der Waals surface area contributed by atoms with Gasteiger partial charge in [-0.2, -0.15) is 0 Å². The first-order valence-corrected chi connectivity index (χ1v) is 6.27. The van der Waals surface area contributed by atoms with Crippen molar-refractivity contribution >= 4 is 5.97 Å². The van der Waals surface area contributed by atoms with E-state index in [4.69, 9.17) is 4.74 Å². The van der Waals surface area contributed by atoms with Crippen LogP contribution in [0.5, 0.6) is 0 Å². The number of benzene rings is 1. The maximum absolute atomic E-state index is 12.2. The number of hydrogen-bond acceptors (Lipinski definition) is 3. The predicted octanol–water partition coefficient (Wildman–Crippen LogP) is 2.17. The highest BCUT2D eigenvalue weighted by molar-refractivity contribution is 5.83. The van der Waals surface area contributed by atoms with E-state index >= 15 is 0 Å². The number of nitrogens with one attached hydrogen (secondary N) is 1. The van der Waals surface area contributed by atoms with Gasteiger partial charge < -0.3 is 4.74 Å². The van der Waals surface area contributed by atoms with Gasteiger partial charge in [-0.15, -0.1) is 6.58 Å². The molecule has 18 heavy (non-hydrogen) atoms.